The minimum atomic E-state index is -3.23. The molecule has 1 unspecified atom stereocenters. The number of aromatic nitrogens is 1. The third-order valence-corrected chi connectivity index (χ3v) is 4.49. The molecule has 1 aromatic heterocycles. The first-order chi connectivity index (χ1) is 10.8. The number of amides is 1. The molecule has 0 bridgehead atoms. The van der Waals surface area contributed by atoms with Crippen molar-refractivity contribution in [3.8, 4) is 5.88 Å². The van der Waals surface area contributed by atoms with Crippen molar-refractivity contribution in [1.29, 1.82) is 0 Å². The lowest BCUT2D eigenvalue weighted by Crippen LogP contribution is -2.27. The molecule has 0 fully saturated rings. The van der Waals surface area contributed by atoms with Gasteiger partial charge in [-0.15, -0.1) is 0 Å². The fraction of sp³-hybridized carbons (Fsp3) is 0.250. The van der Waals surface area contributed by atoms with Crippen LogP contribution in [0.2, 0.25) is 0 Å². The lowest BCUT2D eigenvalue weighted by molar-refractivity contribution is 0.0936. The molecule has 0 saturated carbocycles. The van der Waals surface area contributed by atoms with Crippen molar-refractivity contribution in [2.45, 2.75) is 17.9 Å². The third kappa shape index (κ3) is 4.07. The maximum Gasteiger partial charge on any atom is 0.257 e. The van der Waals surface area contributed by atoms with Gasteiger partial charge in [0.05, 0.1) is 18.0 Å². The van der Waals surface area contributed by atoms with E-state index in [0.29, 0.717) is 5.56 Å². The first-order valence-electron chi connectivity index (χ1n) is 6.93. The second-order valence-electron chi connectivity index (χ2n) is 5.10. The number of sulfone groups is 1. The van der Waals surface area contributed by atoms with Crippen LogP contribution in [0.4, 0.5) is 0 Å². The summed E-state index contributed by atoms with van der Waals surface area (Å²) in [7, 11) is -1.78. The lowest BCUT2D eigenvalue weighted by Gasteiger charge is -2.15. The Morgan fingerprint density at radius 3 is 2.43 bits per heavy atom. The molecule has 1 heterocycles. The summed E-state index contributed by atoms with van der Waals surface area (Å²) in [6.07, 6.45) is 2.70. The van der Waals surface area contributed by atoms with E-state index in [2.05, 4.69) is 10.3 Å². The molecule has 2 rings (SSSR count). The molecule has 1 amide bonds. The van der Waals surface area contributed by atoms with E-state index in [1.807, 2.05) is 6.92 Å². The van der Waals surface area contributed by atoms with Crippen LogP contribution >= 0.6 is 0 Å². The van der Waals surface area contributed by atoms with Crippen LogP contribution in [0.15, 0.2) is 47.5 Å². The van der Waals surface area contributed by atoms with Crippen molar-refractivity contribution < 1.29 is 17.9 Å². The number of nitrogens with zero attached hydrogens (tertiary/aromatic N) is 1. The highest BCUT2D eigenvalue weighted by molar-refractivity contribution is 7.90. The van der Waals surface area contributed by atoms with Gasteiger partial charge in [-0.2, -0.15) is 0 Å². The number of hydrogen-bond donors (Lipinski definition) is 1. The Labute approximate surface area is 135 Å². The second kappa shape index (κ2) is 6.78. The number of nitrogens with one attached hydrogen (secondary N) is 1. The summed E-state index contributed by atoms with van der Waals surface area (Å²) in [6.45, 7) is 1.82. The van der Waals surface area contributed by atoms with Gasteiger partial charge in [0, 0.05) is 12.5 Å². The van der Waals surface area contributed by atoms with Crippen LogP contribution < -0.4 is 10.1 Å². The van der Waals surface area contributed by atoms with Gasteiger partial charge in [0.2, 0.25) is 5.88 Å². The zero-order valence-corrected chi connectivity index (χ0v) is 13.9. The molecule has 1 atom stereocenters. The number of benzene rings is 1. The summed E-state index contributed by atoms with van der Waals surface area (Å²) >= 11 is 0. The maximum atomic E-state index is 12.3. The maximum absolute atomic E-state index is 12.3. The van der Waals surface area contributed by atoms with E-state index in [1.54, 1.807) is 30.5 Å². The third-order valence-electron chi connectivity index (χ3n) is 3.36. The predicted molar refractivity (Wildman–Crippen MR) is 86.2 cm³/mol. The summed E-state index contributed by atoms with van der Waals surface area (Å²) < 4.78 is 28.0. The van der Waals surface area contributed by atoms with E-state index < -0.39 is 9.84 Å². The molecule has 0 aliphatic carbocycles. The highest BCUT2D eigenvalue weighted by Crippen LogP contribution is 2.19. The highest BCUT2D eigenvalue weighted by Gasteiger charge is 2.16. The molecule has 122 valence electrons. The summed E-state index contributed by atoms with van der Waals surface area (Å²) in [5, 5.41) is 2.84. The van der Waals surface area contributed by atoms with Gasteiger partial charge in [0.15, 0.2) is 9.84 Å². The Bertz CT molecular complexity index is 801. The average Bonchev–Trinajstić information content (AvgIpc) is 2.54. The Kier molecular flexibility index (Phi) is 5.00. The van der Waals surface area contributed by atoms with Gasteiger partial charge in [-0.1, -0.05) is 12.1 Å². The Morgan fingerprint density at radius 2 is 1.87 bits per heavy atom. The molecule has 0 radical (unpaired) electrons. The van der Waals surface area contributed by atoms with Crippen molar-refractivity contribution >= 4 is 15.7 Å². The molecule has 1 aromatic carbocycles. The number of carbonyl (C=O) groups excluding carboxylic acids is 1. The number of rotatable bonds is 5. The topological polar surface area (TPSA) is 85.4 Å². The van der Waals surface area contributed by atoms with Crippen molar-refractivity contribution in [1.82, 2.24) is 10.3 Å². The molecule has 6 nitrogen and oxygen atoms in total. The minimum absolute atomic E-state index is 0.244. The molecule has 0 saturated heterocycles. The first-order valence-corrected chi connectivity index (χ1v) is 8.82. The SMILES string of the molecule is COc1ncccc1C(=O)NC(C)c1ccc(S(C)(=O)=O)cc1. The highest BCUT2D eigenvalue weighted by atomic mass is 32.2. The molecular formula is C16H18N2O4S. The summed E-state index contributed by atoms with van der Waals surface area (Å²) in [6, 6.07) is 9.41. The summed E-state index contributed by atoms with van der Waals surface area (Å²) in [5.74, 6) is -0.0562. The first kappa shape index (κ1) is 17.0. The van der Waals surface area contributed by atoms with Crippen LogP contribution in [0, 0.1) is 0 Å². The lowest BCUT2D eigenvalue weighted by atomic mass is 10.1. The van der Waals surface area contributed by atoms with Crippen LogP contribution in [-0.4, -0.2) is 32.7 Å². The van der Waals surface area contributed by atoms with Gasteiger partial charge in [-0.05, 0) is 36.8 Å². The van der Waals surface area contributed by atoms with E-state index in [4.69, 9.17) is 4.74 Å². The van der Waals surface area contributed by atoms with Crippen molar-refractivity contribution in [2.75, 3.05) is 13.4 Å². The Balaban J connectivity index is 2.15. The zero-order chi connectivity index (χ0) is 17.0. The van der Waals surface area contributed by atoms with Crippen LogP contribution in [0.5, 0.6) is 5.88 Å². The normalized spacial score (nSPS) is 12.5. The van der Waals surface area contributed by atoms with E-state index in [9.17, 15) is 13.2 Å². The molecule has 7 heteroatoms. The van der Waals surface area contributed by atoms with Gasteiger partial charge < -0.3 is 10.1 Å². The fourth-order valence-electron chi connectivity index (χ4n) is 2.09. The Morgan fingerprint density at radius 1 is 1.22 bits per heavy atom. The number of pyridine rings is 1. The summed E-state index contributed by atoms with van der Waals surface area (Å²) in [4.78, 5) is 16.5. The van der Waals surface area contributed by atoms with Crippen LogP contribution in [-0.2, 0) is 9.84 Å². The second-order valence-corrected chi connectivity index (χ2v) is 7.11. The fourth-order valence-corrected chi connectivity index (χ4v) is 2.72. The minimum Gasteiger partial charge on any atom is -0.480 e. The molecule has 0 aliphatic rings. The number of carbonyl (C=O) groups is 1. The molecule has 2 aromatic rings. The standard InChI is InChI=1S/C16H18N2O4S/c1-11(12-6-8-13(9-7-12)23(3,20)21)18-15(19)14-5-4-10-17-16(14)22-2/h4-11H,1-3H3,(H,18,19). The molecule has 0 aliphatic heterocycles. The monoisotopic (exact) mass is 334 g/mol. The van der Waals surface area contributed by atoms with Crippen molar-refractivity contribution in [3.63, 3.8) is 0 Å². The van der Waals surface area contributed by atoms with Crippen molar-refractivity contribution in [2.24, 2.45) is 0 Å². The van der Waals surface area contributed by atoms with E-state index in [1.165, 1.54) is 19.2 Å². The number of hydrogen-bond acceptors (Lipinski definition) is 5. The van der Waals surface area contributed by atoms with Gasteiger partial charge in [-0.3, -0.25) is 4.79 Å². The Hall–Kier alpha value is -2.41. The van der Waals surface area contributed by atoms with Gasteiger partial charge in [-0.25, -0.2) is 13.4 Å². The average molecular weight is 334 g/mol. The van der Waals surface area contributed by atoms with Crippen LogP contribution in [0.25, 0.3) is 0 Å². The van der Waals surface area contributed by atoms with Crippen LogP contribution in [0.3, 0.4) is 0 Å². The molecule has 1 N–H and O–H groups in total. The van der Waals surface area contributed by atoms with Gasteiger partial charge in [0.1, 0.15) is 5.56 Å². The molecule has 23 heavy (non-hydrogen) atoms. The quantitative estimate of drug-likeness (QED) is 0.904. The number of ether oxygens (including phenoxy) is 1. The zero-order valence-electron chi connectivity index (χ0n) is 13.1. The van der Waals surface area contributed by atoms with E-state index in [-0.39, 0.29) is 22.7 Å². The van der Waals surface area contributed by atoms with E-state index in [0.717, 1.165) is 11.8 Å². The van der Waals surface area contributed by atoms with Crippen LogP contribution in [0.1, 0.15) is 28.9 Å². The predicted octanol–water partition coefficient (Wildman–Crippen LogP) is 1.98. The van der Waals surface area contributed by atoms with E-state index >= 15 is 0 Å². The summed E-state index contributed by atoms with van der Waals surface area (Å²) in [5.41, 5.74) is 1.14. The smallest absolute Gasteiger partial charge is 0.257 e. The van der Waals surface area contributed by atoms with Gasteiger partial charge >= 0.3 is 0 Å². The molecular weight excluding hydrogens is 316 g/mol. The molecule has 0 spiro atoms. The van der Waals surface area contributed by atoms with Gasteiger partial charge in [0.25, 0.3) is 5.91 Å². The largest absolute Gasteiger partial charge is 0.480 e. The van der Waals surface area contributed by atoms with Crippen molar-refractivity contribution in [3.05, 3.63) is 53.7 Å². The number of methoxy groups -OCH3 is 1.